The molecule has 1 aromatic carbocycles. The summed E-state index contributed by atoms with van der Waals surface area (Å²) in [4.78, 5) is 0. The molecule has 0 aliphatic carbocycles. The molecule has 0 spiro atoms. The summed E-state index contributed by atoms with van der Waals surface area (Å²) in [6.07, 6.45) is 3.04. The molecular weight excluding hydrogens is 156 g/mol. The molecule has 0 aliphatic rings. The third-order valence-corrected chi connectivity index (χ3v) is 1.64. The van der Waals surface area contributed by atoms with Crippen LogP contribution in [0, 0.1) is 0 Å². The molecule has 0 saturated carbocycles. The maximum Gasteiger partial charge on any atom is 0.158 e. The van der Waals surface area contributed by atoms with Crippen molar-refractivity contribution in [3.63, 3.8) is 0 Å². The monoisotopic (exact) mass is 162 g/mol. The van der Waals surface area contributed by atoms with Gasteiger partial charge >= 0.3 is 0 Å². The minimum absolute atomic E-state index is 0.143. The van der Waals surface area contributed by atoms with E-state index >= 15 is 0 Å². The summed E-state index contributed by atoms with van der Waals surface area (Å²) < 4.78 is 0. The second-order valence-corrected chi connectivity index (χ2v) is 2.46. The van der Waals surface area contributed by atoms with Gasteiger partial charge in [-0.1, -0.05) is 0 Å². The average molecular weight is 162 g/mol. The molecule has 0 radical (unpaired) electrons. The first kappa shape index (κ1) is 6.84. The van der Waals surface area contributed by atoms with Crippen molar-refractivity contribution < 1.29 is 10.2 Å². The van der Waals surface area contributed by atoms with Crippen molar-refractivity contribution in [3.8, 4) is 11.5 Å². The lowest BCUT2D eigenvalue weighted by atomic mass is 10.2. The van der Waals surface area contributed by atoms with Gasteiger partial charge in [0.15, 0.2) is 11.5 Å². The van der Waals surface area contributed by atoms with Crippen LogP contribution in [0.25, 0.3) is 10.8 Å². The number of rotatable bonds is 0. The van der Waals surface area contributed by atoms with Gasteiger partial charge in [0.2, 0.25) is 0 Å². The topological polar surface area (TPSA) is 66.2 Å². The molecule has 1 aromatic heterocycles. The summed E-state index contributed by atoms with van der Waals surface area (Å²) >= 11 is 0. The van der Waals surface area contributed by atoms with Gasteiger partial charge in [-0.25, -0.2) is 0 Å². The van der Waals surface area contributed by atoms with Crippen molar-refractivity contribution in [2.75, 3.05) is 0 Å². The second-order valence-electron chi connectivity index (χ2n) is 2.46. The molecular formula is C8H6N2O2. The fourth-order valence-corrected chi connectivity index (χ4v) is 1.02. The number of benzene rings is 1. The molecule has 12 heavy (non-hydrogen) atoms. The highest BCUT2D eigenvalue weighted by Crippen LogP contribution is 2.28. The van der Waals surface area contributed by atoms with Gasteiger partial charge in [-0.05, 0) is 12.1 Å². The first-order chi connectivity index (χ1) is 5.77. The van der Waals surface area contributed by atoms with Gasteiger partial charge in [-0.3, -0.25) is 0 Å². The van der Waals surface area contributed by atoms with Crippen LogP contribution in [0.5, 0.6) is 11.5 Å². The minimum Gasteiger partial charge on any atom is -0.504 e. The van der Waals surface area contributed by atoms with Crippen molar-refractivity contribution in [2.45, 2.75) is 0 Å². The molecule has 0 unspecified atom stereocenters. The molecule has 60 valence electrons. The van der Waals surface area contributed by atoms with E-state index in [-0.39, 0.29) is 11.5 Å². The Morgan fingerprint density at radius 2 is 1.25 bits per heavy atom. The zero-order valence-electron chi connectivity index (χ0n) is 6.10. The van der Waals surface area contributed by atoms with Gasteiger partial charge in [-0.2, -0.15) is 10.2 Å². The first-order valence-electron chi connectivity index (χ1n) is 3.40. The Balaban J connectivity index is 2.84. The van der Waals surface area contributed by atoms with Gasteiger partial charge < -0.3 is 10.2 Å². The highest BCUT2D eigenvalue weighted by molar-refractivity contribution is 5.84. The number of hydrogen-bond acceptors (Lipinski definition) is 4. The van der Waals surface area contributed by atoms with Crippen LogP contribution in [-0.4, -0.2) is 20.4 Å². The summed E-state index contributed by atoms with van der Waals surface area (Å²) in [7, 11) is 0. The minimum atomic E-state index is -0.143. The van der Waals surface area contributed by atoms with E-state index in [1.54, 1.807) is 0 Å². The summed E-state index contributed by atoms with van der Waals surface area (Å²) in [5.74, 6) is -0.286. The maximum absolute atomic E-state index is 9.12. The zero-order valence-corrected chi connectivity index (χ0v) is 6.10. The van der Waals surface area contributed by atoms with Gasteiger partial charge in [-0.15, -0.1) is 0 Å². The number of nitrogens with zero attached hydrogens (tertiary/aromatic N) is 2. The molecule has 2 aromatic rings. The second kappa shape index (κ2) is 2.34. The number of fused-ring (bicyclic) bond motifs is 1. The molecule has 2 N–H and O–H groups in total. The van der Waals surface area contributed by atoms with Crippen molar-refractivity contribution in [1.29, 1.82) is 0 Å². The van der Waals surface area contributed by atoms with Crippen molar-refractivity contribution >= 4 is 10.8 Å². The standard InChI is InChI=1S/C8H6N2O2/c11-7-1-5-3-9-10-4-6(5)2-8(7)12/h1-4,11-12H. The highest BCUT2D eigenvalue weighted by atomic mass is 16.3. The van der Waals surface area contributed by atoms with E-state index in [9.17, 15) is 0 Å². The fraction of sp³-hybridized carbons (Fsp3) is 0. The summed E-state index contributed by atoms with van der Waals surface area (Å²) in [5.41, 5.74) is 0. The largest absolute Gasteiger partial charge is 0.504 e. The molecule has 4 nitrogen and oxygen atoms in total. The molecule has 0 fully saturated rings. The Hall–Kier alpha value is -1.84. The van der Waals surface area contributed by atoms with Crippen LogP contribution in [0.4, 0.5) is 0 Å². The van der Waals surface area contributed by atoms with Crippen molar-refractivity contribution in [2.24, 2.45) is 0 Å². The molecule has 0 atom stereocenters. The van der Waals surface area contributed by atoms with E-state index in [0.717, 1.165) is 10.8 Å². The van der Waals surface area contributed by atoms with Crippen LogP contribution in [0.1, 0.15) is 0 Å². The van der Waals surface area contributed by atoms with Gasteiger partial charge in [0.1, 0.15) is 0 Å². The van der Waals surface area contributed by atoms with Crippen LogP contribution < -0.4 is 0 Å². The predicted molar refractivity (Wildman–Crippen MR) is 42.9 cm³/mol. The quantitative estimate of drug-likeness (QED) is 0.568. The Bertz CT molecular complexity index is 388. The fourth-order valence-electron chi connectivity index (χ4n) is 1.02. The molecule has 4 heteroatoms. The molecule has 0 amide bonds. The first-order valence-corrected chi connectivity index (χ1v) is 3.40. The van der Waals surface area contributed by atoms with Crippen molar-refractivity contribution in [3.05, 3.63) is 24.5 Å². The smallest absolute Gasteiger partial charge is 0.158 e. The van der Waals surface area contributed by atoms with Crippen LogP contribution in [0.3, 0.4) is 0 Å². The predicted octanol–water partition coefficient (Wildman–Crippen LogP) is 1.04. The Morgan fingerprint density at radius 1 is 0.833 bits per heavy atom. The van der Waals surface area contributed by atoms with Crippen molar-refractivity contribution in [1.82, 2.24) is 10.2 Å². The zero-order chi connectivity index (χ0) is 8.55. The molecule has 1 heterocycles. The normalized spacial score (nSPS) is 10.3. The highest BCUT2D eigenvalue weighted by Gasteiger charge is 2.00. The third-order valence-electron chi connectivity index (χ3n) is 1.64. The van der Waals surface area contributed by atoms with Gasteiger partial charge in [0.05, 0.1) is 12.4 Å². The summed E-state index contributed by atoms with van der Waals surface area (Å²) in [6, 6.07) is 2.89. The molecule has 0 aliphatic heterocycles. The number of aromatic hydroxyl groups is 2. The number of phenols is 2. The lowest BCUT2D eigenvalue weighted by Gasteiger charge is -1.99. The Kier molecular flexibility index (Phi) is 1.33. The number of phenolic OH excluding ortho intramolecular Hbond substituents is 2. The average Bonchev–Trinajstić information content (AvgIpc) is 2.07. The van der Waals surface area contributed by atoms with Crippen LogP contribution in [0.2, 0.25) is 0 Å². The summed E-state index contributed by atoms with van der Waals surface area (Å²) in [6.45, 7) is 0. The lowest BCUT2D eigenvalue weighted by molar-refractivity contribution is 0.405. The van der Waals surface area contributed by atoms with E-state index in [2.05, 4.69) is 10.2 Å². The molecule has 2 rings (SSSR count). The van der Waals surface area contributed by atoms with E-state index in [4.69, 9.17) is 10.2 Å². The van der Waals surface area contributed by atoms with E-state index in [1.165, 1.54) is 24.5 Å². The molecule has 0 saturated heterocycles. The number of aromatic nitrogens is 2. The van der Waals surface area contributed by atoms with Gasteiger partial charge in [0.25, 0.3) is 0 Å². The van der Waals surface area contributed by atoms with E-state index in [0.29, 0.717) is 0 Å². The van der Waals surface area contributed by atoms with Gasteiger partial charge in [0, 0.05) is 10.8 Å². The molecule has 0 bridgehead atoms. The number of hydrogen-bond donors (Lipinski definition) is 2. The van der Waals surface area contributed by atoms with Crippen LogP contribution in [-0.2, 0) is 0 Å². The van der Waals surface area contributed by atoms with E-state index < -0.39 is 0 Å². The lowest BCUT2D eigenvalue weighted by Crippen LogP contribution is -1.80. The van der Waals surface area contributed by atoms with Crippen LogP contribution in [0.15, 0.2) is 24.5 Å². The Labute approximate surface area is 68.1 Å². The maximum atomic E-state index is 9.12. The SMILES string of the molecule is Oc1cc2cnncc2cc1O. The summed E-state index contributed by atoms with van der Waals surface area (Å²) in [5, 5.41) is 27.0. The van der Waals surface area contributed by atoms with E-state index in [1.807, 2.05) is 0 Å². The third kappa shape index (κ3) is 0.934. The van der Waals surface area contributed by atoms with Crippen LogP contribution >= 0.6 is 0 Å². The Morgan fingerprint density at radius 3 is 1.67 bits per heavy atom.